The molecule has 4 unspecified atom stereocenters. The SMILES string of the molecule is Cc1ccc2c(c1)C1(c3ccccc3)CCCCC1(C)N2c1ccc2c(c1)N(c1ccc(C(C)(C)C)cc1)c1cc(N3c4ccc(C(C)(C)C)cc4C4(c5ccccc5)CCCCC34C)cc3c1B2c1ccccc1N3c1ccccc1. The second-order valence-corrected chi connectivity index (χ2v) is 27.6. The Morgan fingerprint density at radius 2 is 0.817 bits per heavy atom. The number of hydrogen-bond acceptors (Lipinski definition) is 4. The van der Waals surface area contributed by atoms with Crippen LogP contribution in [0.15, 0.2) is 206 Å². The predicted molar refractivity (Wildman–Crippen MR) is 348 cm³/mol. The minimum Gasteiger partial charge on any atom is -0.334 e. The maximum atomic E-state index is 2.85. The van der Waals surface area contributed by atoms with Crippen molar-refractivity contribution in [3.63, 3.8) is 0 Å². The fourth-order valence-electron chi connectivity index (χ4n) is 17.3. The van der Waals surface area contributed by atoms with Gasteiger partial charge >= 0.3 is 0 Å². The molecule has 82 heavy (non-hydrogen) atoms. The number of hydrogen-bond donors (Lipinski definition) is 0. The lowest BCUT2D eigenvalue weighted by Gasteiger charge is -2.53. The molecule has 4 heterocycles. The highest BCUT2D eigenvalue weighted by atomic mass is 15.3. The summed E-state index contributed by atoms with van der Waals surface area (Å²) < 4.78 is 0. The number of fused-ring (bicyclic) bond motifs is 10. The molecule has 9 aromatic rings. The van der Waals surface area contributed by atoms with Crippen LogP contribution < -0.4 is 36.0 Å². The van der Waals surface area contributed by atoms with Gasteiger partial charge in [-0.25, -0.2) is 0 Å². The summed E-state index contributed by atoms with van der Waals surface area (Å²) in [7, 11) is 0. The minimum absolute atomic E-state index is 0.00550. The number of nitrogens with zero attached hydrogens (tertiary/aromatic N) is 4. The highest BCUT2D eigenvalue weighted by molar-refractivity contribution is 7.00. The van der Waals surface area contributed by atoms with Crippen LogP contribution in [0.1, 0.15) is 146 Å². The van der Waals surface area contributed by atoms with E-state index in [-0.39, 0.29) is 39.5 Å². The second-order valence-electron chi connectivity index (χ2n) is 27.6. The summed E-state index contributed by atoms with van der Waals surface area (Å²) in [5.74, 6) is 0. The van der Waals surface area contributed by atoms with Gasteiger partial charge in [0.05, 0.1) is 11.1 Å². The molecular weight excluding hydrogens is 992 g/mol. The molecule has 6 aliphatic rings. The standard InChI is InChI=1S/C77H77BN4/c1-52-33-41-65-61(47-52)76(54-25-13-10-14-26-54)45-23-21-43-74(76,8)81(65)59-39-40-64-68(49-59)80(58-37-34-53(35-38-58)72(2,3)4)70-51-60(50-69-71(70)78(64)63-31-19-20-32-67(63)79(69)57-29-17-12-18-30-57)82-66-42-36-56(73(5,6)7)48-62(66)77(55-27-15-11-16-28-55)46-24-22-44-75(77,82)9/h10-20,25-42,47-51H,21-24,43-46H2,1-9H3. The average molecular weight is 1070 g/mol. The molecule has 0 N–H and O–H groups in total. The number of benzene rings is 9. The molecular formula is C77H77BN4. The van der Waals surface area contributed by atoms with Gasteiger partial charge in [-0.2, -0.15) is 0 Å². The zero-order chi connectivity index (χ0) is 56.1. The Hall–Kier alpha value is -7.76. The Bertz CT molecular complexity index is 3990. The first-order chi connectivity index (χ1) is 39.6. The molecule has 2 fully saturated rings. The van der Waals surface area contributed by atoms with Crippen LogP contribution in [0.4, 0.5) is 56.9 Å². The van der Waals surface area contributed by atoms with Crippen LogP contribution in [0.3, 0.4) is 0 Å². The normalized spacial score (nSPS) is 23.1. The fraction of sp³-hybridized carbons (Fsp3) is 0.299. The van der Waals surface area contributed by atoms with Gasteiger partial charge in [-0.05, 0) is 174 Å². The monoisotopic (exact) mass is 1070 g/mol. The van der Waals surface area contributed by atoms with Crippen molar-refractivity contribution in [2.75, 3.05) is 19.6 Å². The maximum Gasteiger partial charge on any atom is 0.252 e. The first kappa shape index (κ1) is 51.1. The summed E-state index contributed by atoms with van der Waals surface area (Å²) in [6.07, 6.45) is 9.17. The molecule has 0 bridgehead atoms. The van der Waals surface area contributed by atoms with Crippen LogP contribution in [-0.4, -0.2) is 17.8 Å². The van der Waals surface area contributed by atoms with Crippen molar-refractivity contribution in [3.05, 3.63) is 245 Å². The topological polar surface area (TPSA) is 13.0 Å². The molecule has 9 aromatic carbocycles. The molecule has 15 rings (SSSR count). The highest BCUT2D eigenvalue weighted by Gasteiger charge is 2.63. The van der Waals surface area contributed by atoms with E-state index in [1.807, 2.05) is 0 Å². The first-order valence-electron chi connectivity index (χ1n) is 30.7. The molecule has 4 aliphatic heterocycles. The van der Waals surface area contributed by atoms with E-state index in [1.165, 1.54) is 138 Å². The lowest BCUT2D eigenvalue weighted by Crippen LogP contribution is -2.61. The number of aryl methyl sites for hydroxylation is 1. The Labute approximate surface area is 488 Å². The van der Waals surface area contributed by atoms with Crippen molar-refractivity contribution in [2.24, 2.45) is 0 Å². The van der Waals surface area contributed by atoms with Gasteiger partial charge in [0.25, 0.3) is 6.71 Å². The van der Waals surface area contributed by atoms with Crippen LogP contribution in [0.25, 0.3) is 0 Å². The van der Waals surface area contributed by atoms with Crippen molar-refractivity contribution >= 4 is 80.0 Å². The largest absolute Gasteiger partial charge is 0.334 e. The lowest BCUT2D eigenvalue weighted by molar-refractivity contribution is 0.215. The van der Waals surface area contributed by atoms with Crippen molar-refractivity contribution in [1.82, 2.24) is 0 Å². The van der Waals surface area contributed by atoms with Crippen molar-refractivity contribution in [2.45, 2.75) is 146 Å². The van der Waals surface area contributed by atoms with Gasteiger partial charge in [0.2, 0.25) is 0 Å². The second kappa shape index (κ2) is 18.1. The van der Waals surface area contributed by atoms with Crippen LogP contribution in [-0.2, 0) is 21.7 Å². The molecule has 5 heteroatoms. The van der Waals surface area contributed by atoms with Gasteiger partial charge in [0.15, 0.2) is 0 Å². The molecule has 0 aromatic heterocycles. The Morgan fingerprint density at radius 3 is 1.41 bits per heavy atom. The van der Waals surface area contributed by atoms with E-state index in [9.17, 15) is 0 Å². The Kier molecular flexibility index (Phi) is 11.3. The number of anilines is 10. The third-order valence-corrected chi connectivity index (χ3v) is 21.2. The third kappa shape index (κ3) is 7.04. The molecule has 2 saturated carbocycles. The molecule has 408 valence electrons. The molecule has 4 nitrogen and oxygen atoms in total. The molecule has 4 atom stereocenters. The molecule has 0 saturated heterocycles. The summed E-state index contributed by atoms with van der Waals surface area (Å²) in [6.45, 7) is 21.6. The van der Waals surface area contributed by atoms with Gasteiger partial charge < -0.3 is 19.6 Å². The molecule has 0 amide bonds. The summed E-state index contributed by atoms with van der Waals surface area (Å²) >= 11 is 0. The minimum atomic E-state index is -0.281. The van der Waals surface area contributed by atoms with Crippen LogP contribution >= 0.6 is 0 Å². The number of rotatable bonds is 6. The van der Waals surface area contributed by atoms with E-state index >= 15 is 0 Å². The summed E-state index contributed by atoms with van der Waals surface area (Å²) in [4.78, 5) is 10.9. The van der Waals surface area contributed by atoms with Crippen LogP contribution in [0, 0.1) is 6.92 Å². The first-order valence-corrected chi connectivity index (χ1v) is 30.7. The summed E-state index contributed by atoms with van der Waals surface area (Å²) in [5.41, 5.74) is 25.4. The average Bonchev–Trinajstić information content (AvgIpc) is 1.48. The third-order valence-electron chi connectivity index (χ3n) is 21.2. The Morgan fingerprint density at radius 1 is 0.366 bits per heavy atom. The van der Waals surface area contributed by atoms with E-state index in [0.29, 0.717) is 0 Å². The van der Waals surface area contributed by atoms with Gasteiger partial charge in [-0.15, -0.1) is 0 Å². The molecule has 0 radical (unpaired) electrons. The fourth-order valence-corrected chi connectivity index (χ4v) is 17.3. The smallest absolute Gasteiger partial charge is 0.252 e. The molecule has 2 aliphatic carbocycles. The van der Waals surface area contributed by atoms with E-state index in [1.54, 1.807) is 0 Å². The van der Waals surface area contributed by atoms with Crippen molar-refractivity contribution in [1.29, 1.82) is 0 Å². The van der Waals surface area contributed by atoms with E-state index < -0.39 is 0 Å². The highest BCUT2D eigenvalue weighted by Crippen LogP contribution is 2.66. The van der Waals surface area contributed by atoms with Crippen molar-refractivity contribution < 1.29 is 0 Å². The Balaban J connectivity index is 1.03. The predicted octanol–water partition coefficient (Wildman–Crippen LogP) is 18.2. The van der Waals surface area contributed by atoms with Gasteiger partial charge in [0.1, 0.15) is 0 Å². The van der Waals surface area contributed by atoms with Crippen LogP contribution in [0.2, 0.25) is 0 Å². The quantitative estimate of drug-likeness (QED) is 0.154. The van der Waals surface area contributed by atoms with Gasteiger partial charge in [-0.1, -0.05) is 212 Å². The van der Waals surface area contributed by atoms with Crippen molar-refractivity contribution in [3.8, 4) is 0 Å². The van der Waals surface area contributed by atoms with Crippen LogP contribution in [0.5, 0.6) is 0 Å². The summed E-state index contributed by atoms with van der Waals surface area (Å²) in [5, 5.41) is 0. The zero-order valence-corrected chi connectivity index (χ0v) is 49.7. The van der Waals surface area contributed by atoms with Gasteiger partial charge in [-0.3, -0.25) is 0 Å². The molecule has 0 spiro atoms. The summed E-state index contributed by atoms with van der Waals surface area (Å²) in [6, 6.07) is 81.1. The van der Waals surface area contributed by atoms with E-state index in [0.717, 1.165) is 25.7 Å². The van der Waals surface area contributed by atoms with E-state index in [2.05, 4.69) is 288 Å². The van der Waals surface area contributed by atoms with Gasteiger partial charge in [0, 0.05) is 67.7 Å². The van der Waals surface area contributed by atoms with E-state index in [4.69, 9.17) is 0 Å². The number of para-hydroxylation sites is 2. The maximum absolute atomic E-state index is 2.85. The lowest BCUT2D eigenvalue weighted by atomic mass is 9.33. The zero-order valence-electron chi connectivity index (χ0n) is 49.7.